The Hall–Kier alpha value is -3.12. The number of methoxy groups -OCH3 is 1. The molecular formula is C19H16ClN3O3. The van der Waals surface area contributed by atoms with E-state index in [0.29, 0.717) is 16.5 Å². The molecule has 0 unspecified atom stereocenters. The van der Waals surface area contributed by atoms with E-state index in [4.69, 9.17) is 16.3 Å². The van der Waals surface area contributed by atoms with Gasteiger partial charge in [-0.25, -0.2) is 4.68 Å². The van der Waals surface area contributed by atoms with Crippen LogP contribution in [-0.2, 0) is 0 Å². The van der Waals surface area contributed by atoms with Crippen molar-refractivity contribution >= 4 is 23.2 Å². The summed E-state index contributed by atoms with van der Waals surface area (Å²) in [4.78, 5) is 24.7. The van der Waals surface area contributed by atoms with E-state index >= 15 is 0 Å². The molecule has 1 aromatic heterocycles. The van der Waals surface area contributed by atoms with E-state index in [1.807, 2.05) is 31.2 Å². The molecule has 0 radical (unpaired) electrons. The summed E-state index contributed by atoms with van der Waals surface area (Å²) >= 11 is 5.96. The smallest absolute Gasteiger partial charge is 0.280 e. The predicted octanol–water partition coefficient (Wildman–Crippen LogP) is 3.46. The molecule has 0 fully saturated rings. The highest BCUT2D eigenvalue weighted by molar-refractivity contribution is 6.31. The first-order valence-corrected chi connectivity index (χ1v) is 8.17. The van der Waals surface area contributed by atoms with Gasteiger partial charge in [-0.05, 0) is 37.3 Å². The lowest BCUT2D eigenvalue weighted by atomic mass is 10.2. The van der Waals surface area contributed by atoms with E-state index < -0.39 is 11.3 Å². The van der Waals surface area contributed by atoms with Crippen LogP contribution in [0.4, 0.5) is 5.69 Å². The maximum absolute atomic E-state index is 12.6. The van der Waals surface area contributed by atoms with Crippen molar-refractivity contribution < 1.29 is 9.53 Å². The Labute approximate surface area is 155 Å². The molecule has 3 aromatic rings. The minimum Gasteiger partial charge on any atom is -0.495 e. The van der Waals surface area contributed by atoms with E-state index in [2.05, 4.69) is 10.4 Å². The van der Waals surface area contributed by atoms with Crippen LogP contribution < -0.4 is 15.5 Å². The van der Waals surface area contributed by atoms with Crippen molar-refractivity contribution in [2.45, 2.75) is 6.92 Å². The van der Waals surface area contributed by atoms with Crippen LogP contribution in [0.25, 0.3) is 5.69 Å². The molecule has 0 atom stereocenters. The summed E-state index contributed by atoms with van der Waals surface area (Å²) in [5.74, 6) is -0.213. The molecule has 6 nitrogen and oxygen atoms in total. The summed E-state index contributed by atoms with van der Waals surface area (Å²) in [6.07, 6.45) is 1.52. The third-order valence-corrected chi connectivity index (χ3v) is 3.97. The van der Waals surface area contributed by atoms with Gasteiger partial charge in [0.15, 0.2) is 5.69 Å². The fraction of sp³-hybridized carbons (Fsp3) is 0.105. The van der Waals surface area contributed by atoms with Crippen LogP contribution in [0.15, 0.2) is 59.5 Å². The first-order valence-electron chi connectivity index (χ1n) is 7.80. The van der Waals surface area contributed by atoms with Gasteiger partial charge in [-0.2, -0.15) is 5.10 Å². The maximum atomic E-state index is 12.6. The molecular weight excluding hydrogens is 354 g/mol. The number of amides is 1. The molecule has 1 N–H and O–H groups in total. The number of rotatable bonds is 4. The van der Waals surface area contributed by atoms with Crippen molar-refractivity contribution in [2.75, 3.05) is 12.4 Å². The van der Waals surface area contributed by atoms with Crippen LogP contribution >= 0.6 is 11.6 Å². The minimum atomic E-state index is -0.642. The molecule has 0 saturated heterocycles. The zero-order valence-corrected chi connectivity index (χ0v) is 14.9. The van der Waals surface area contributed by atoms with Gasteiger partial charge in [-0.15, -0.1) is 0 Å². The lowest BCUT2D eigenvalue weighted by Crippen LogP contribution is -2.25. The highest BCUT2D eigenvalue weighted by Gasteiger charge is 2.16. The largest absolute Gasteiger partial charge is 0.495 e. The van der Waals surface area contributed by atoms with Crippen LogP contribution in [0.3, 0.4) is 0 Å². The van der Waals surface area contributed by atoms with E-state index in [9.17, 15) is 9.59 Å². The Balaban J connectivity index is 1.95. The van der Waals surface area contributed by atoms with Gasteiger partial charge >= 0.3 is 0 Å². The number of hydrogen-bond acceptors (Lipinski definition) is 4. The van der Waals surface area contributed by atoms with E-state index in [0.717, 1.165) is 11.3 Å². The van der Waals surface area contributed by atoms with Crippen molar-refractivity contribution in [3.63, 3.8) is 0 Å². The number of nitrogens with zero attached hydrogens (tertiary/aromatic N) is 2. The van der Waals surface area contributed by atoms with Crippen molar-refractivity contribution in [1.82, 2.24) is 9.78 Å². The molecule has 1 amide bonds. The molecule has 0 spiro atoms. The quantitative estimate of drug-likeness (QED) is 0.764. The van der Waals surface area contributed by atoms with Crippen LogP contribution in [0.5, 0.6) is 5.75 Å². The number of ether oxygens (including phenoxy) is 1. The van der Waals surface area contributed by atoms with Crippen LogP contribution in [-0.4, -0.2) is 22.8 Å². The first-order chi connectivity index (χ1) is 12.5. The minimum absolute atomic E-state index is 0.227. The second-order valence-corrected chi connectivity index (χ2v) is 6.04. The zero-order valence-electron chi connectivity index (χ0n) is 14.2. The second-order valence-electron chi connectivity index (χ2n) is 5.61. The van der Waals surface area contributed by atoms with Gasteiger partial charge in [-0.1, -0.05) is 29.3 Å². The Bertz CT molecular complexity index is 1010. The Kier molecular flexibility index (Phi) is 5.04. The molecule has 1 heterocycles. The average Bonchev–Trinajstić information content (AvgIpc) is 2.63. The van der Waals surface area contributed by atoms with Gasteiger partial charge in [0.2, 0.25) is 5.43 Å². The standard InChI is InChI=1S/C19H16ClN3O3/c1-12-3-6-14(7-4-12)23-10-9-16(24)18(22-23)19(25)21-15-11-13(20)5-8-17(15)26-2/h3-11H,1-2H3,(H,21,25). The number of hydrogen-bond donors (Lipinski definition) is 1. The lowest BCUT2D eigenvalue weighted by molar-refractivity contribution is 0.101. The number of anilines is 1. The Morgan fingerprint density at radius 1 is 1.15 bits per heavy atom. The van der Waals surface area contributed by atoms with Gasteiger partial charge < -0.3 is 10.1 Å². The second kappa shape index (κ2) is 7.41. The summed E-state index contributed by atoms with van der Waals surface area (Å²) in [6.45, 7) is 1.97. The monoisotopic (exact) mass is 369 g/mol. The van der Waals surface area contributed by atoms with Gasteiger partial charge in [0.05, 0.1) is 18.5 Å². The molecule has 2 aromatic carbocycles. The number of carbonyl (C=O) groups excluding carboxylic acids is 1. The van der Waals surface area contributed by atoms with Crippen LogP contribution in [0, 0.1) is 6.92 Å². The molecule has 0 aliphatic carbocycles. The summed E-state index contributed by atoms with van der Waals surface area (Å²) in [6, 6.07) is 13.7. The summed E-state index contributed by atoms with van der Waals surface area (Å²) < 4.78 is 6.67. The third-order valence-electron chi connectivity index (χ3n) is 3.73. The molecule has 0 saturated carbocycles. The van der Waals surface area contributed by atoms with Crippen molar-refractivity contribution in [3.8, 4) is 11.4 Å². The molecule has 0 aliphatic heterocycles. The number of halogens is 1. The van der Waals surface area contributed by atoms with Gasteiger partial charge in [0.1, 0.15) is 5.75 Å². The SMILES string of the molecule is COc1ccc(Cl)cc1NC(=O)c1nn(-c2ccc(C)cc2)ccc1=O. The summed E-state index contributed by atoms with van der Waals surface area (Å²) in [5, 5.41) is 7.22. The molecule has 0 bridgehead atoms. The van der Waals surface area contributed by atoms with Crippen molar-refractivity contribution in [1.29, 1.82) is 0 Å². The number of aryl methyl sites for hydroxylation is 1. The van der Waals surface area contributed by atoms with Crippen LogP contribution in [0.1, 0.15) is 16.1 Å². The lowest BCUT2D eigenvalue weighted by Gasteiger charge is -2.11. The molecule has 3 rings (SSSR count). The van der Waals surface area contributed by atoms with Crippen molar-refractivity contribution in [2.24, 2.45) is 0 Å². The third kappa shape index (κ3) is 3.75. The summed E-state index contributed by atoms with van der Waals surface area (Å²) in [7, 11) is 1.48. The van der Waals surface area contributed by atoms with E-state index in [-0.39, 0.29) is 5.69 Å². The fourth-order valence-corrected chi connectivity index (χ4v) is 2.54. The first kappa shape index (κ1) is 17.7. The number of benzene rings is 2. The molecule has 0 aliphatic rings. The van der Waals surface area contributed by atoms with Gasteiger partial charge in [0.25, 0.3) is 5.91 Å². The number of carbonyl (C=O) groups is 1. The molecule has 132 valence electrons. The van der Waals surface area contributed by atoms with Gasteiger partial charge in [0, 0.05) is 17.3 Å². The number of aromatic nitrogens is 2. The Morgan fingerprint density at radius 3 is 2.58 bits per heavy atom. The normalized spacial score (nSPS) is 10.4. The van der Waals surface area contributed by atoms with Crippen LogP contribution in [0.2, 0.25) is 5.02 Å². The molecule has 7 heteroatoms. The van der Waals surface area contributed by atoms with E-state index in [1.165, 1.54) is 24.1 Å². The van der Waals surface area contributed by atoms with Crippen molar-refractivity contribution in [3.05, 3.63) is 81.2 Å². The number of nitrogens with one attached hydrogen (secondary N) is 1. The maximum Gasteiger partial charge on any atom is 0.280 e. The highest BCUT2D eigenvalue weighted by atomic mass is 35.5. The van der Waals surface area contributed by atoms with E-state index in [1.54, 1.807) is 18.2 Å². The fourth-order valence-electron chi connectivity index (χ4n) is 2.37. The van der Waals surface area contributed by atoms with Gasteiger partial charge in [-0.3, -0.25) is 9.59 Å². The Morgan fingerprint density at radius 2 is 1.88 bits per heavy atom. The highest BCUT2D eigenvalue weighted by Crippen LogP contribution is 2.27. The zero-order chi connectivity index (χ0) is 18.7. The average molecular weight is 370 g/mol. The predicted molar refractivity (Wildman–Crippen MR) is 101 cm³/mol. The molecule has 26 heavy (non-hydrogen) atoms. The summed E-state index contributed by atoms with van der Waals surface area (Å²) in [5.41, 5.74) is 1.49. The topological polar surface area (TPSA) is 73.2 Å².